The molecule has 0 aliphatic heterocycles. The highest BCUT2D eigenvalue weighted by Crippen LogP contribution is 2.12. The van der Waals surface area contributed by atoms with Crippen molar-refractivity contribution < 1.29 is 0 Å². The fraction of sp³-hybridized carbons (Fsp3) is 0.636. The Labute approximate surface area is 90.5 Å². The Morgan fingerprint density at radius 2 is 2.27 bits per heavy atom. The van der Waals surface area contributed by atoms with Gasteiger partial charge in [0.25, 0.3) is 0 Å². The van der Waals surface area contributed by atoms with Crippen LogP contribution in [-0.4, -0.2) is 11.1 Å². The monoisotopic (exact) mass is 206 g/mol. The number of hydrogen-bond donors (Lipinski definition) is 0. The number of aryl methyl sites for hydroxylation is 2. The zero-order valence-electron chi connectivity index (χ0n) is 9.64. The largest absolute Gasteiger partial charge is 0.351 e. The molecule has 0 saturated heterocycles. The van der Waals surface area contributed by atoms with Crippen LogP contribution in [0.2, 0.25) is 0 Å². The van der Waals surface area contributed by atoms with E-state index in [0.717, 1.165) is 13.0 Å². The summed E-state index contributed by atoms with van der Waals surface area (Å²) in [4.78, 5) is 2.81. The summed E-state index contributed by atoms with van der Waals surface area (Å²) in [6.07, 6.45) is 3.18. The van der Waals surface area contributed by atoms with E-state index in [9.17, 15) is 0 Å². The smallest absolute Gasteiger partial charge is 0.0303 e. The van der Waals surface area contributed by atoms with Gasteiger partial charge in [0.2, 0.25) is 0 Å². The zero-order chi connectivity index (χ0) is 11.3. The van der Waals surface area contributed by atoms with E-state index in [1.807, 2.05) is 0 Å². The molecule has 0 bridgehead atoms. The Morgan fingerprint density at radius 3 is 2.73 bits per heavy atom. The van der Waals surface area contributed by atoms with Crippen LogP contribution in [0, 0.1) is 19.8 Å². The van der Waals surface area contributed by atoms with Crippen LogP contribution in [-0.2, 0) is 6.54 Å². The van der Waals surface area contributed by atoms with Crippen molar-refractivity contribution in [1.82, 2.24) is 4.57 Å². The van der Waals surface area contributed by atoms with Crippen molar-refractivity contribution in [2.24, 2.45) is 11.0 Å². The highest BCUT2D eigenvalue weighted by molar-refractivity contribution is 5.15. The first-order chi connectivity index (χ1) is 7.17. The highest BCUT2D eigenvalue weighted by atomic mass is 15.1. The Morgan fingerprint density at radius 1 is 1.53 bits per heavy atom. The molecule has 4 heteroatoms. The highest BCUT2D eigenvalue weighted by Gasteiger charge is 2.07. The number of nitrogens with zero attached hydrogens (tertiary/aromatic N) is 4. The Bertz CT molecular complexity index is 361. The maximum atomic E-state index is 8.29. The number of azide groups is 1. The van der Waals surface area contributed by atoms with Crippen LogP contribution in [0.1, 0.15) is 24.6 Å². The predicted octanol–water partition coefficient (Wildman–Crippen LogP) is 3.44. The molecule has 0 aromatic carbocycles. The van der Waals surface area contributed by atoms with Gasteiger partial charge in [-0.15, -0.1) is 0 Å². The second-order valence-corrected chi connectivity index (χ2v) is 4.00. The SMILES string of the molecule is CCC(CN=[N+]=[N-])Cn1cc(C)cc1C. The third-order valence-corrected chi connectivity index (χ3v) is 2.68. The van der Waals surface area contributed by atoms with E-state index >= 15 is 0 Å². The fourth-order valence-corrected chi connectivity index (χ4v) is 1.74. The van der Waals surface area contributed by atoms with E-state index in [-0.39, 0.29) is 0 Å². The lowest BCUT2D eigenvalue weighted by atomic mass is 10.1. The number of aromatic nitrogens is 1. The quantitative estimate of drug-likeness (QED) is 0.402. The van der Waals surface area contributed by atoms with E-state index in [2.05, 4.69) is 47.6 Å². The summed E-state index contributed by atoms with van der Waals surface area (Å²) in [5.74, 6) is 0.436. The van der Waals surface area contributed by atoms with Gasteiger partial charge in [0.1, 0.15) is 0 Å². The molecule has 0 amide bonds. The van der Waals surface area contributed by atoms with E-state index in [1.165, 1.54) is 11.3 Å². The standard InChI is InChI=1S/C11H18N4/c1-4-11(6-13-14-12)8-15-7-9(2)5-10(15)3/h5,7,11H,4,6,8H2,1-3H3. The van der Waals surface area contributed by atoms with Gasteiger partial charge < -0.3 is 4.57 Å². The van der Waals surface area contributed by atoms with Crippen molar-refractivity contribution in [3.63, 3.8) is 0 Å². The normalized spacial score (nSPS) is 12.2. The van der Waals surface area contributed by atoms with Crippen LogP contribution in [0.3, 0.4) is 0 Å². The molecule has 0 radical (unpaired) electrons. The average Bonchev–Trinajstić information content (AvgIpc) is 2.52. The topological polar surface area (TPSA) is 53.7 Å². The molecule has 15 heavy (non-hydrogen) atoms. The molecular weight excluding hydrogens is 188 g/mol. The molecule has 1 rings (SSSR count). The predicted molar refractivity (Wildman–Crippen MR) is 61.7 cm³/mol. The third kappa shape index (κ3) is 3.33. The zero-order valence-corrected chi connectivity index (χ0v) is 9.64. The Hall–Kier alpha value is -1.41. The average molecular weight is 206 g/mol. The molecule has 1 aromatic heterocycles. The fourth-order valence-electron chi connectivity index (χ4n) is 1.74. The van der Waals surface area contributed by atoms with Crippen LogP contribution in [0.4, 0.5) is 0 Å². The lowest BCUT2D eigenvalue weighted by Gasteiger charge is -2.14. The Kier molecular flexibility index (Phi) is 4.25. The van der Waals surface area contributed by atoms with E-state index in [4.69, 9.17) is 5.53 Å². The van der Waals surface area contributed by atoms with Crippen LogP contribution in [0.15, 0.2) is 17.4 Å². The van der Waals surface area contributed by atoms with Gasteiger partial charge in [-0.05, 0) is 36.9 Å². The van der Waals surface area contributed by atoms with Crippen LogP contribution in [0.25, 0.3) is 10.4 Å². The molecule has 1 atom stereocenters. The first-order valence-corrected chi connectivity index (χ1v) is 5.31. The van der Waals surface area contributed by atoms with Gasteiger partial charge in [0.05, 0.1) is 0 Å². The molecule has 0 fully saturated rings. The summed E-state index contributed by atoms with van der Waals surface area (Å²) in [5, 5.41) is 3.64. The van der Waals surface area contributed by atoms with Crippen LogP contribution in [0.5, 0.6) is 0 Å². The molecular formula is C11H18N4. The minimum atomic E-state index is 0.436. The Balaban J connectivity index is 2.65. The number of hydrogen-bond acceptors (Lipinski definition) is 1. The lowest BCUT2D eigenvalue weighted by molar-refractivity contribution is 0.436. The summed E-state index contributed by atoms with van der Waals surface area (Å²) in [6.45, 7) is 7.85. The van der Waals surface area contributed by atoms with Gasteiger partial charge in [-0.25, -0.2) is 0 Å². The molecule has 0 aliphatic rings. The van der Waals surface area contributed by atoms with Crippen molar-refractivity contribution in [2.45, 2.75) is 33.7 Å². The van der Waals surface area contributed by atoms with Gasteiger partial charge in [0, 0.05) is 29.9 Å². The van der Waals surface area contributed by atoms with Crippen molar-refractivity contribution in [2.75, 3.05) is 6.54 Å². The van der Waals surface area contributed by atoms with E-state index in [0.29, 0.717) is 12.5 Å². The summed E-state index contributed by atoms with van der Waals surface area (Å²) in [7, 11) is 0. The third-order valence-electron chi connectivity index (χ3n) is 2.68. The van der Waals surface area contributed by atoms with Crippen molar-refractivity contribution in [1.29, 1.82) is 0 Å². The summed E-state index contributed by atoms with van der Waals surface area (Å²) in [6, 6.07) is 2.17. The maximum Gasteiger partial charge on any atom is 0.0303 e. The molecule has 4 nitrogen and oxygen atoms in total. The lowest BCUT2D eigenvalue weighted by Crippen LogP contribution is -2.13. The molecule has 0 saturated carbocycles. The maximum absolute atomic E-state index is 8.29. The van der Waals surface area contributed by atoms with Crippen LogP contribution >= 0.6 is 0 Å². The number of rotatable bonds is 5. The van der Waals surface area contributed by atoms with Crippen molar-refractivity contribution >= 4 is 0 Å². The van der Waals surface area contributed by atoms with Gasteiger partial charge in [0.15, 0.2) is 0 Å². The van der Waals surface area contributed by atoms with Gasteiger partial charge >= 0.3 is 0 Å². The van der Waals surface area contributed by atoms with Gasteiger partial charge in [-0.3, -0.25) is 0 Å². The molecule has 0 N–H and O–H groups in total. The van der Waals surface area contributed by atoms with Crippen molar-refractivity contribution in [3.05, 3.63) is 34.0 Å². The molecule has 1 unspecified atom stereocenters. The molecule has 1 heterocycles. The minimum Gasteiger partial charge on any atom is -0.351 e. The second-order valence-electron chi connectivity index (χ2n) is 4.00. The van der Waals surface area contributed by atoms with Gasteiger partial charge in [-0.2, -0.15) is 0 Å². The summed E-state index contributed by atoms with van der Waals surface area (Å²) < 4.78 is 2.23. The summed E-state index contributed by atoms with van der Waals surface area (Å²) >= 11 is 0. The van der Waals surface area contributed by atoms with E-state index in [1.54, 1.807) is 0 Å². The molecule has 82 valence electrons. The van der Waals surface area contributed by atoms with Crippen molar-refractivity contribution in [3.8, 4) is 0 Å². The molecule has 0 aliphatic carbocycles. The second kappa shape index (κ2) is 5.47. The van der Waals surface area contributed by atoms with Crippen LogP contribution < -0.4 is 0 Å². The molecule has 0 spiro atoms. The summed E-state index contributed by atoms with van der Waals surface area (Å²) in [5.41, 5.74) is 10.8. The first-order valence-electron chi connectivity index (χ1n) is 5.31. The first kappa shape index (κ1) is 11.7. The van der Waals surface area contributed by atoms with E-state index < -0.39 is 0 Å². The van der Waals surface area contributed by atoms with Gasteiger partial charge in [-0.1, -0.05) is 18.5 Å². The minimum absolute atomic E-state index is 0.436. The molecule has 1 aromatic rings.